The summed E-state index contributed by atoms with van der Waals surface area (Å²) < 4.78 is 2.78. The minimum atomic E-state index is 0.246. The zero-order valence-electron chi connectivity index (χ0n) is 10.8. The lowest BCUT2D eigenvalue weighted by atomic mass is 9.94. The van der Waals surface area contributed by atoms with E-state index in [4.69, 9.17) is 23.2 Å². The zero-order valence-corrected chi connectivity index (χ0v) is 13.9. The van der Waals surface area contributed by atoms with Crippen LogP contribution in [0, 0.1) is 6.92 Å². The Hall–Kier alpha value is -0.510. The number of benzene rings is 1. The monoisotopic (exact) mass is 360 g/mol. The van der Waals surface area contributed by atoms with Gasteiger partial charge in [-0.25, -0.2) is 0 Å². The van der Waals surface area contributed by atoms with Gasteiger partial charge in [0.05, 0.1) is 5.69 Å². The number of hydrogen-bond acceptors (Lipinski definition) is 1. The maximum atomic E-state index is 6.28. The molecule has 0 bridgehead atoms. The van der Waals surface area contributed by atoms with Gasteiger partial charge < -0.3 is 0 Å². The van der Waals surface area contributed by atoms with Crippen LogP contribution in [0.3, 0.4) is 0 Å². The number of hydrogen-bond donors (Lipinski definition) is 0. The van der Waals surface area contributed by atoms with E-state index in [1.807, 2.05) is 26.1 Å². The number of aromatic nitrogens is 2. The first-order valence-corrected chi connectivity index (χ1v) is 7.73. The highest BCUT2D eigenvalue weighted by atomic mass is 79.9. The van der Waals surface area contributed by atoms with Crippen LogP contribution in [-0.4, -0.2) is 15.7 Å². The first-order chi connectivity index (χ1) is 9.02. The third kappa shape index (κ3) is 3.33. The van der Waals surface area contributed by atoms with E-state index in [1.165, 1.54) is 5.56 Å². The molecule has 0 spiro atoms. The Morgan fingerprint density at radius 1 is 1.32 bits per heavy atom. The molecule has 2 rings (SSSR count). The highest BCUT2D eigenvalue weighted by molar-refractivity contribution is 9.10. The smallest absolute Gasteiger partial charge is 0.130 e. The Morgan fingerprint density at radius 3 is 2.42 bits per heavy atom. The van der Waals surface area contributed by atoms with E-state index in [0.29, 0.717) is 11.0 Å². The van der Waals surface area contributed by atoms with Gasteiger partial charge in [-0.1, -0.05) is 39.7 Å². The average molecular weight is 362 g/mol. The summed E-state index contributed by atoms with van der Waals surface area (Å²) in [5, 5.41) is 5.04. The summed E-state index contributed by atoms with van der Waals surface area (Å²) in [5.41, 5.74) is 3.27. The molecule has 1 heterocycles. The highest BCUT2D eigenvalue weighted by Gasteiger charge is 2.18. The fraction of sp³-hybridized carbons (Fsp3) is 0.357. The van der Waals surface area contributed by atoms with Gasteiger partial charge in [0, 0.05) is 28.9 Å². The largest absolute Gasteiger partial charge is 0.257 e. The lowest BCUT2D eigenvalue weighted by Gasteiger charge is -2.14. The third-order valence-electron chi connectivity index (χ3n) is 3.25. The summed E-state index contributed by atoms with van der Waals surface area (Å²) in [4.78, 5) is 0. The molecule has 0 saturated heterocycles. The first kappa shape index (κ1) is 14.9. The van der Waals surface area contributed by atoms with Gasteiger partial charge in [-0.2, -0.15) is 5.10 Å². The van der Waals surface area contributed by atoms with Gasteiger partial charge in [0.15, 0.2) is 0 Å². The van der Waals surface area contributed by atoms with Crippen molar-refractivity contribution in [1.82, 2.24) is 9.78 Å². The Kier molecular flexibility index (Phi) is 4.93. The van der Waals surface area contributed by atoms with Crippen molar-refractivity contribution in [2.75, 3.05) is 5.88 Å². The van der Waals surface area contributed by atoms with Gasteiger partial charge in [-0.05, 0) is 31.0 Å². The maximum Gasteiger partial charge on any atom is 0.130 e. The summed E-state index contributed by atoms with van der Waals surface area (Å²) in [5.74, 6) is 0.807. The molecular weight excluding hydrogens is 347 g/mol. The van der Waals surface area contributed by atoms with Crippen molar-refractivity contribution in [2.45, 2.75) is 19.3 Å². The molecule has 0 aliphatic rings. The van der Waals surface area contributed by atoms with Gasteiger partial charge in [0.2, 0.25) is 0 Å². The van der Waals surface area contributed by atoms with Crippen LogP contribution in [0.4, 0.5) is 0 Å². The van der Waals surface area contributed by atoms with Crippen LogP contribution in [0.2, 0.25) is 5.15 Å². The highest BCUT2D eigenvalue weighted by Crippen LogP contribution is 2.28. The molecule has 0 radical (unpaired) electrons. The van der Waals surface area contributed by atoms with E-state index in [2.05, 4.69) is 33.2 Å². The summed E-state index contributed by atoms with van der Waals surface area (Å²) in [7, 11) is 1.86. The molecule has 0 saturated carbocycles. The minimum Gasteiger partial charge on any atom is -0.257 e. The van der Waals surface area contributed by atoms with Crippen LogP contribution < -0.4 is 0 Å². The van der Waals surface area contributed by atoms with Gasteiger partial charge in [-0.3, -0.25) is 4.68 Å². The predicted octanol–water partition coefficient (Wildman–Crippen LogP) is 4.71. The Balaban J connectivity index is 2.26. The van der Waals surface area contributed by atoms with Crippen LogP contribution in [-0.2, 0) is 13.5 Å². The molecule has 5 heteroatoms. The van der Waals surface area contributed by atoms with E-state index in [1.54, 1.807) is 4.68 Å². The molecule has 1 unspecified atom stereocenters. The van der Waals surface area contributed by atoms with Crippen molar-refractivity contribution in [1.29, 1.82) is 0 Å². The molecule has 19 heavy (non-hydrogen) atoms. The maximum absolute atomic E-state index is 6.28. The predicted molar refractivity (Wildman–Crippen MR) is 84.3 cm³/mol. The molecular formula is C14H15BrCl2N2. The molecule has 2 aromatic rings. The third-order valence-corrected chi connectivity index (χ3v) is 4.62. The van der Waals surface area contributed by atoms with Crippen molar-refractivity contribution in [3.05, 3.63) is 50.7 Å². The van der Waals surface area contributed by atoms with Gasteiger partial charge >= 0.3 is 0 Å². The van der Waals surface area contributed by atoms with Gasteiger partial charge in [0.25, 0.3) is 0 Å². The normalized spacial score (nSPS) is 12.7. The molecule has 1 aromatic heterocycles. The molecule has 1 atom stereocenters. The van der Waals surface area contributed by atoms with E-state index in [-0.39, 0.29) is 5.92 Å². The van der Waals surface area contributed by atoms with Gasteiger partial charge in [0.1, 0.15) is 5.15 Å². The Labute approximate surface area is 131 Å². The number of halogens is 3. The van der Waals surface area contributed by atoms with E-state index < -0.39 is 0 Å². The van der Waals surface area contributed by atoms with Crippen LogP contribution in [0.1, 0.15) is 22.7 Å². The van der Waals surface area contributed by atoms with Crippen LogP contribution in [0.25, 0.3) is 0 Å². The Bertz CT molecular complexity index is 564. The molecule has 0 N–H and O–H groups in total. The fourth-order valence-electron chi connectivity index (χ4n) is 2.15. The molecule has 0 fully saturated rings. The molecule has 2 nitrogen and oxygen atoms in total. The average Bonchev–Trinajstić information content (AvgIpc) is 2.63. The van der Waals surface area contributed by atoms with Crippen LogP contribution in [0.5, 0.6) is 0 Å². The van der Waals surface area contributed by atoms with Crippen molar-refractivity contribution < 1.29 is 0 Å². The number of rotatable bonds is 4. The second kappa shape index (κ2) is 6.29. The van der Waals surface area contributed by atoms with E-state index in [9.17, 15) is 0 Å². The van der Waals surface area contributed by atoms with Crippen molar-refractivity contribution in [3.8, 4) is 0 Å². The van der Waals surface area contributed by atoms with Crippen molar-refractivity contribution in [3.63, 3.8) is 0 Å². The zero-order chi connectivity index (χ0) is 14.0. The van der Waals surface area contributed by atoms with Gasteiger partial charge in [-0.15, -0.1) is 11.6 Å². The van der Waals surface area contributed by atoms with Crippen LogP contribution in [0.15, 0.2) is 28.7 Å². The fourth-order valence-corrected chi connectivity index (χ4v) is 2.95. The molecule has 102 valence electrons. The van der Waals surface area contributed by atoms with E-state index >= 15 is 0 Å². The minimum absolute atomic E-state index is 0.246. The molecule has 0 aliphatic carbocycles. The van der Waals surface area contributed by atoms with Crippen molar-refractivity contribution in [2.24, 2.45) is 7.05 Å². The van der Waals surface area contributed by atoms with Crippen LogP contribution >= 0.6 is 39.1 Å². The second-order valence-corrected chi connectivity index (χ2v) is 6.17. The summed E-state index contributed by atoms with van der Waals surface area (Å²) in [6, 6.07) is 8.26. The quantitative estimate of drug-likeness (QED) is 0.721. The molecule has 1 aromatic carbocycles. The first-order valence-electron chi connectivity index (χ1n) is 6.02. The SMILES string of the molecule is Cc1nn(C)c(Cl)c1CC(CCl)c1ccc(Br)cc1. The standard InChI is InChI=1S/C14H15BrCl2N2/c1-9-13(14(17)19(2)18-9)7-11(8-16)10-3-5-12(15)6-4-10/h3-6,11H,7-8H2,1-2H3. The lowest BCUT2D eigenvalue weighted by Crippen LogP contribution is -2.05. The summed E-state index contributed by atoms with van der Waals surface area (Å²) in [6.07, 6.45) is 0.809. The number of alkyl halides is 1. The number of nitrogens with zero attached hydrogens (tertiary/aromatic N) is 2. The Morgan fingerprint density at radius 2 is 1.95 bits per heavy atom. The van der Waals surface area contributed by atoms with Crippen molar-refractivity contribution >= 4 is 39.1 Å². The molecule has 0 aliphatic heterocycles. The topological polar surface area (TPSA) is 17.8 Å². The van der Waals surface area contributed by atoms with E-state index in [0.717, 1.165) is 22.2 Å². The summed E-state index contributed by atoms with van der Waals surface area (Å²) in [6.45, 7) is 1.98. The lowest BCUT2D eigenvalue weighted by molar-refractivity contribution is 0.753. The number of aryl methyl sites for hydroxylation is 2. The second-order valence-electron chi connectivity index (χ2n) is 4.59. The molecule has 0 amide bonds. The summed E-state index contributed by atoms with van der Waals surface area (Å²) >= 11 is 15.8.